The van der Waals surface area contributed by atoms with Crippen molar-refractivity contribution in [3.8, 4) is 5.75 Å². The fourth-order valence-corrected chi connectivity index (χ4v) is 4.53. The molecule has 0 bridgehead atoms. The summed E-state index contributed by atoms with van der Waals surface area (Å²) in [5.74, 6) is 0.324. The molecule has 1 aromatic carbocycles. The topological polar surface area (TPSA) is 38.7 Å². The molecule has 0 fully saturated rings. The molecule has 3 nitrogen and oxygen atoms in total. The Morgan fingerprint density at radius 3 is 2.31 bits per heavy atom. The van der Waals surface area contributed by atoms with Crippen LogP contribution in [-0.2, 0) is 14.9 Å². The molecule has 0 unspecified atom stereocenters. The minimum Gasteiger partial charge on any atom is -0.508 e. The summed E-state index contributed by atoms with van der Waals surface area (Å²) in [4.78, 5) is 0. The van der Waals surface area contributed by atoms with E-state index in [4.69, 9.17) is 8.85 Å². The zero-order valence-corrected chi connectivity index (χ0v) is 11.2. The normalized spacial score (nSPS) is 11.7. The maximum atomic E-state index is 9.74. The van der Waals surface area contributed by atoms with Gasteiger partial charge in [0.15, 0.2) is 0 Å². The number of aromatic hydroxyl groups is 1. The first-order chi connectivity index (χ1) is 7.67. The third-order valence-electron chi connectivity index (χ3n) is 2.83. The zero-order valence-electron chi connectivity index (χ0n) is 10.2. The van der Waals surface area contributed by atoms with Gasteiger partial charge in [0, 0.05) is 20.3 Å². The predicted molar refractivity (Wildman–Crippen MR) is 66.7 cm³/mol. The highest BCUT2D eigenvalue weighted by Crippen LogP contribution is 2.25. The summed E-state index contributed by atoms with van der Waals surface area (Å²) >= 11 is 0. The summed E-state index contributed by atoms with van der Waals surface area (Å²) in [6.45, 7) is 2.12. The minimum atomic E-state index is -2.18. The van der Waals surface area contributed by atoms with Gasteiger partial charge in [0.1, 0.15) is 5.75 Å². The Morgan fingerprint density at radius 1 is 1.19 bits per heavy atom. The molecular weight excluding hydrogens is 220 g/mol. The first kappa shape index (κ1) is 13.2. The second kappa shape index (κ2) is 6.03. The van der Waals surface area contributed by atoms with E-state index >= 15 is 0 Å². The van der Waals surface area contributed by atoms with Crippen LogP contribution in [0.1, 0.15) is 18.9 Å². The average Bonchev–Trinajstić information content (AvgIpc) is 2.31. The van der Waals surface area contributed by atoms with E-state index in [9.17, 15) is 5.11 Å². The van der Waals surface area contributed by atoms with Crippen LogP contribution in [0.4, 0.5) is 0 Å². The van der Waals surface area contributed by atoms with Gasteiger partial charge in [-0.15, -0.1) is 0 Å². The fourth-order valence-electron chi connectivity index (χ4n) is 1.85. The molecule has 1 aromatic rings. The van der Waals surface area contributed by atoms with Gasteiger partial charge >= 0.3 is 8.56 Å². The van der Waals surface area contributed by atoms with Crippen molar-refractivity contribution in [2.45, 2.75) is 25.4 Å². The quantitative estimate of drug-likeness (QED) is 0.777. The number of phenolic OH excluding ortho intramolecular Hbond substituents is 1. The highest BCUT2D eigenvalue weighted by Gasteiger charge is 2.35. The third-order valence-corrected chi connectivity index (χ3v) is 6.50. The van der Waals surface area contributed by atoms with Crippen LogP contribution >= 0.6 is 0 Å². The average molecular weight is 240 g/mol. The molecule has 0 saturated carbocycles. The molecule has 4 heteroatoms. The largest absolute Gasteiger partial charge is 0.508 e. The highest BCUT2D eigenvalue weighted by atomic mass is 28.4. The summed E-state index contributed by atoms with van der Waals surface area (Å²) in [5, 5.41) is 9.74. The van der Waals surface area contributed by atoms with E-state index in [1.807, 2.05) is 18.2 Å². The van der Waals surface area contributed by atoms with Crippen LogP contribution in [0, 0.1) is 0 Å². The van der Waals surface area contributed by atoms with Gasteiger partial charge in [-0.3, -0.25) is 0 Å². The number of phenols is 1. The molecule has 0 aliphatic heterocycles. The number of para-hydroxylation sites is 1. The van der Waals surface area contributed by atoms with Crippen LogP contribution in [0.2, 0.25) is 6.04 Å². The lowest BCUT2D eigenvalue weighted by Gasteiger charge is -2.27. The molecule has 16 heavy (non-hydrogen) atoms. The molecule has 0 saturated heterocycles. The number of hydrogen-bond acceptors (Lipinski definition) is 3. The molecule has 0 radical (unpaired) electrons. The Hall–Kier alpha value is -0.843. The van der Waals surface area contributed by atoms with E-state index in [-0.39, 0.29) is 0 Å². The summed E-state index contributed by atoms with van der Waals surface area (Å²) < 4.78 is 11.2. The van der Waals surface area contributed by atoms with Gasteiger partial charge in [0.05, 0.1) is 0 Å². The standard InChI is InChI=1S/C12H20O3Si/c1-4-9-16(14-2,15-3)10-11-7-5-6-8-12(11)13/h5-8,13H,4,9-10H2,1-3H3. The molecule has 1 rings (SSSR count). The Morgan fingerprint density at radius 2 is 1.81 bits per heavy atom. The highest BCUT2D eigenvalue weighted by molar-refractivity contribution is 6.66. The monoisotopic (exact) mass is 240 g/mol. The maximum Gasteiger partial charge on any atom is 0.342 e. The van der Waals surface area contributed by atoms with Crippen molar-refractivity contribution in [2.75, 3.05) is 14.2 Å². The third kappa shape index (κ3) is 3.07. The molecule has 0 spiro atoms. The van der Waals surface area contributed by atoms with Crippen molar-refractivity contribution in [3.05, 3.63) is 29.8 Å². The maximum absolute atomic E-state index is 9.74. The lowest BCUT2D eigenvalue weighted by Crippen LogP contribution is -2.42. The Labute approximate surface area is 98.3 Å². The molecule has 0 aromatic heterocycles. The summed E-state index contributed by atoms with van der Waals surface area (Å²) in [6, 6.07) is 9.00. The van der Waals surface area contributed by atoms with Crippen molar-refractivity contribution in [1.82, 2.24) is 0 Å². The van der Waals surface area contributed by atoms with Crippen molar-refractivity contribution >= 4 is 8.56 Å². The molecule has 0 amide bonds. The van der Waals surface area contributed by atoms with Crippen LogP contribution in [0.15, 0.2) is 24.3 Å². The fraction of sp³-hybridized carbons (Fsp3) is 0.500. The van der Waals surface area contributed by atoms with Crippen LogP contribution < -0.4 is 0 Å². The van der Waals surface area contributed by atoms with Gasteiger partial charge in [0.2, 0.25) is 0 Å². The van der Waals surface area contributed by atoms with E-state index in [0.717, 1.165) is 18.0 Å². The van der Waals surface area contributed by atoms with Crippen molar-refractivity contribution in [2.24, 2.45) is 0 Å². The van der Waals surface area contributed by atoms with E-state index in [0.29, 0.717) is 11.8 Å². The molecule has 90 valence electrons. The van der Waals surface area contributed by atoms with E-state index < -0.39 is 8.56 Å². The number of benzene rings is 1. The Kier molecular flexibility index (Phi) is 4.98. The van der Waals surface area contributed by atoms with Gasteiger partial charge in [-0.2, -0.15) is 0 Å². The van der Waals surface area contributed by atoms with Crippen molar-refractivity contribution < 1.29 is 14.0 Å². The van der Waals surface area contributed by atoms with E-state index in [1.54, 1.807) is 20.3 Å². The van der Waals surface area contributed by atoms with Gasteiger partial charge in [0.25, 0.3) is 0 Å². The lowest BCUT2D eigenvalue weighted by atomic mass is 10.2. The number of rotatable bonds is 6. The summed E-state index contributed by atoms with van der Waals surface area (Å²) in [7, 11) is 1.22. The molecule has 0 heterocycles. The molecule has 0 aliphatic rings. The summed E-state index contributed by atoms with van der Waals surface area (Å²) in [6.07, 6.45) is 1.03. The number of hydrogen-bond donors (Lipinski definition) is 1. The molecule has 0 atom stereocenters. The van der Waals surface area contributed by atoms with Crippen LogP contribution in [0.3, 0.4) is 0 Å². The van der Waals surface area contributed by atoms with Crippen molar-refractivity contribution in [3.63, 3.8) is 0 Å². The Balaban J connectivity index is 2.87. The first-order valence-corrected chi connectivity index (χ1v) is 7.77. The van der Waals surface area contributed by atoms with Crippen molar-refractivity contribution in [1.29, 1.82) is 0 Å². The molecule has 0 aliphatic carbocycles. The van der Waals surface area contributed by atoms with E-state index in [1.165, 1.54) is 0 Å². The van der Waals surface area contributed by atoms with Crippen LogP contribution in [0.25, 0.3) is 0 Å². The van der Waals surface area contributed by atoms with Crippen LogP contribution in [0.5, 0.6) is 5.75 Å². The smallest absolute Gasteiger partial charge is 0.342 e. The van der Waals surface area contributed by atoms with Gasteiger partial charge in [-0.05, 0) is 17.7 Å². The zero-order chi connectivity index (χ0) is 12.0. The van der Waals surface area contributed by atoms with E-state index in [2.05, 4.69) is 6.92 Å². The predicted octanol–water partition coefficient (Wildman–Crippen LogP) is 2.62. The van der Waals surface area contributed by atoms with Crippen LogP contribution in [-0.4, -0.2) is 27.9 Å². The van der Waals surface area contributed by atoms with Gasteiger partial charge in [-0.1, -0.05) is 31.5 Å². The SMILES string of the molecule is CCC[Si](Cc1ccccc1O)(OC)OC. The second-order valence-electron chi connectivity index (χ2n) is 3.87. The second-order valence-corrected chi connectivity index (χ2v) is 7.37. The first-order valence-electron chi connectivity index (χ1n) is 5.54. The molecule has 1 N–H and O–H groups in total. The van der Waals surface area contributed by atoms with Gasteiger partial charge in [-0.25, -0.2) is 0 Å². The summed E-state index contributed by atoms with van der Waals surface area (Å²) in [5.41, 5.74) is 0.909. The minimum absolute atomic E-state index is 0.324. The molecular formula is C12H20O3Si. The Bertz CT molecular complexity index is 324. The lowest BCUT2D eigenvalue weighted by molar-refractivity contribution is 0.239. The van der Waals surface area contributed by atoms with Gasteiger partial charge < -0.3 is 14.0 Å².